The van der Waals surface area contributed by atoms with Crippen molar-refractivity contribution in [3.63, 3.8) is 0 Å². The first kappa shape index (κ1) is 17.6. The third kappa shape index (κ3) is 5.46. The van der Waals surface area contributed by atoms with Crippen LogP contribution < -0.4 is 5.73 Å². The maximum Gasteiger partial charge on any atom is 0.223 e. The van der Waals surface area contributed by atoms with E-state index in [9.17, 15) is 9.18 Å². The van der Waals surface area contributed by atoms with E-state index in [2.05, 4.69) is 6.92 Å². The van der Waals surface area contributed by atoms with E-state index in [4.69, 9.17) is 5.73 Å². The fourth-order valence-corrected chi connectivity index (χ4v) is 2.53. The second-order valence-electron chi connectivity index (χ2n) is 5.63. The molecule has 1 rings (SSSR count). The first-order chi connectivity index (χ1) is 9.99. The van der Waals surface area contributed by atoms with E-state index >= 15 is 0 Å². The standard InChI is InChI=1S/C17H27FN2O/c1-4-20(17(21)10-5-13(2)11-12-19)14(3)15-6-8-16(18)9-7-15/h6-9,13-14H,4-5,10-12,19H2,1-3H3. The molecule has 0 saturated carbocycles. The van der Waals surface area contributed by atoms with Crippen LogP contribution in [0.15, 0.2) is 24.3 Å². The Morgan fingerprint density at radius 3 is 2.38 bits per heavy atom. The van der Waals surface area contributed by atoms with Gasteiger partial charge in [0.2, 0.25) is 5.91 Å². The van der Waals surface area contributed by atoms with E-state index in [-0.39, 0.29) is 17.8 Å². The van der Waals surface area contributed by atoms with Gasteiger partial charge in [0.1, 0.15) is 5.82 Å². The van der Waals surface area contributed by atoms with E-state index in [0.717, 1.165) is 18.4 Å². The molecule has 2 N–H and O–H groups in total. The lowest BCUT2D eigenvalue weighted by Crippen LogP contribution is -2.33. The molecule has 0 spiro atoms. The number of carbonyl (C=O) groups is 1. The molecule has 0 aliphatic heterocycles. The summed E-state index contributed by atoms with van der Waals surface area (Å²) in [6.45, 7) is 7.40. The summed E-state index contributed by atoms with van der Waals surface area (Å²) < 4.78 is 13.0. The van der Waals surface area contributed by atoms with E-state index in [1.54, 1.807) is 12.1 Å². The van der Waals surface area contributed by atoms with E-state index in [1.165, 1.54) is 12.1 Å². The molecule has 1 amide bonds. The fourth-order valence-electron chi connectivity index (χ4n) is 2.53. The molecule has 0 aliphatic carbocycles. The Morgan fingerprint density at radius 2 is 1.86 bits per heavy atom. The lowest BCUT2D eigenvalue weighted by molar-refractivity contribution is -0.133. The van der Waals surface area contributed by atoms with E-state index in [1.807, 2.05) is 18.7 Å². The van der Waals surface area contributed by atoms with Crippen LogP contribution in [-0.2, 0) is 4.79 Å². The van der Waals surface area contributed by atoms with Crippen LogP contribution in [0.25, 0.3) is 0 Å². The summed E-state index contributed by atoms with van der Waals surface area (Å²) in [4.78, 5) is 14.2. The number of carbonyl (C=O) groups excluding carboxylic acids is 1. The molecule has 0 heterocycles. The lowest BCUT2D eigenvalue weighted by atomic mass is 10.0. The van der Waals surface area contributed by atoms with Crippen molar-refractivity contribution in [2.24, 2.45) is 11.7 Å². The smallest absolute Gasteiger partial charge is 0.223 e. The van der Waals surface area contributed by atoms with Gasteiger partial charge in [0.05, 0.1) is 6.04 Å². The Bertz CT molecular complexity index is 433. The predicted molar refractivity (Wildman–Crippen MR) is 84.3 cm³/mol. The van der Waals surface area contributed by atoms with Crippen molar-refractivity contribution in [1.29, 1.82) is 0 Å². The molecule has 0 aliphatic rings. The van der Waals surface area contributed by atoms with Gasteiger partial charge in [-0.05, 0) is 56.8 Å². The Labute approximate surface area is 127 Å². The van der Waals surface area contributed by atoms with Gasteiger partial charge in [-0.1, -0.05) is 19.1 Å². The normalized spacial score (nSPS) is 13.8. The van der Waals surface area contributed by atoms with Crippen LogP contribution in [-0.4, -0.2) is 23.9 Å². The zero-order valence-corrected chi connectivity index (χ0v) is 13.3. The third-order valence-electron chi connectivity index (χ3n) is 3.99. The van der Waals surface area contributed by atoms with Crippen molar-refractivity contribution < 1.29 is 9.18 Å². The summed E-state index contributed by atoms with van der Waals surface area (Å²) in [5, 5.41) is 0. The van der Waals surface area contributed by atoms with E-state index < -0.39 is 0 Å². The summed E-state index contributed by atoms with van der Waals surface area (Å²) in [6, 6.07) is 6.33. The average Bonchev–Trinajstić information content (AvgIpc) is 2.47. The number of rotatable bonds is 8. The highest BCUT2D eigenvalue weighted by atomic mass is 19.1. The quantitative estimate of drug-likeness (QED) is 0.797. The molecular weight excluding hydrogens is 267 g/mol. The Balaban J connectivity index is 2.63. The van der Waals surface area contributed by atoms with Crippen LogP contribution in [0.5, 0.6) is 0 Å². The number of nitrogens with two attached hydrogens (primary N) is 1. The van der Waals surface area contributed by atoms with Crippen molar-refractivity contribution in [1.82, 2.24) is 4.90 Å². The molecule has 0 bridgehead atoms. The SMILES string of the molecule is CCN(C(=O)CCC(C)CCN)C(C)c1ccc(F)cc1. The third-order valence-corrected chi connectivity index (χ3v) is 3.99. The number of hydrogen-bond donors (Lipinski definition) is 1. The number of hydrogen-bond acceptors (Lipinski definition) is 2. The van der Waals surface area contributed by atoms with Gasteiger partial charge < -0.3 is 10.6 Å². The van der Waals surface area contributed by atoms with Gasteiger partial charge in [-0.25, -0.2) is 4.39 Å². The summed E-state index contributed by atoms with van der Waals surface area (Å²) in [6.07, 6.45) is 2.36. The average molecular weight is 294 g/mol. The number of nitrogens with zero attached hydrogens (tertiary/aromatic N) is 1. The zero-order valence-electron chi connectivity index (χ0n) is 13.3. The summed E-state index contributed by atoms with van der Waals surface area (Å²) in [5.74, 6) is 0.368. The highest BCUT2D eigenvalue weighted by Crippen LogP contribution is 2.22. The van der Waals surface area contributed by atoms with Gasteiger partial charge >= 0.3 is 0 Å². The van der Waals surface area contributed by atoms with Crippen molar-refractivity contribution in [2.45, 2.75) is 46.1 Å². The number of benzene rings is 1. The summed E-state index contributed by atoms with van der Waals surface area (Å²) >= 11 is 0. The molecule has 1 aromatic rings. The monoisotopic (exact) mass is 294 g/mol. The maximum atomic E-state index is 13.0. The van der Waals surface area contributed by atoms with E-state index in [0.29, 0.717) is 25.4 Å². The molecule has 2 atom stereocenters. The molecule has 118 valence electrons. The highest BCUT2D eigenvalue weighted by molar-refractivity contribution is 5.76. The topological polar surface area (TPSA) is 46.3 Å². The van der Waals surface area contributed by atoms with Crippen LogP contribution in [0.4, 0.5) is 4.39 Å². The minimum absolute atomic E-state index is 0.0343. The Kier molecular flexibility index (Phi) is 7.37. The molecule has 3 nitrogen and oxygen atoms in total. The lowest BCUT2D eigenvalue weighted by Gasteiger charge is -2.29. The molecule has 0 saturated heterocycles. The van der Waals surface area contributed by atoms with Gasteiger partial charge in [0.25, 0.3) is 0 Å². The minimum atomic E-state index is -0.254. The van der Waals surface area contributed by atoms with Crippen molar-refractivity contribution in [3.8, 4) is 0 Å². The van der Waals surface area contributed by atoms with Gasteiger partial charge in [-0.3, -0.25) is 4.79 Å². The number of halogens is 1. The predicted octanol–water partition coefficient (Wildman–Crippen LogP) is 3.50. The first-order valence-electron chi connectivity index (χ1n) is 7.74. The molecule has 1 aromatic carbocycles. The molecular formula is C17H27FN2O. The van der Waals surface area contributed by atoms with Crippen LogP contribution in [0.2, 0.25) is 0 Å². The zero-order chi connectivity index (χ0) is 15.8. The van der Waals surface area contributed by atoms with Crippen LogP contribution >= 0.6 is 0 Å². The largest absolute Gasteiger partial charge is 0.336 e. The Hall–Kier alpha value is -1.42. The molecule has 0 fully saturated rings. The molecule has 2 unspecified atom stereocenters. The minimum Gasteiger partial charge on any atom is -0.336 e. The summed E-state index contributed by atoms with van der Waals surface area (Å²) in [7, 11) is 0. The first-order valence-corrected chi connectivity index (χ1v) is 7.74. The molecule has 0 aromatic heterocycles. The van der Waals surface area contributed by atoms with Gasteiger partial charge in [-0.15, -0.1) is 0 Å². The van der Waals surface area contributed by atoms with Crippen molar-refractivity contribution in [2.75, 3.05) is 13.1 Å². The maximum absolute atomic E-state index is 13.0. The van der Waals surface area contributed by atoms with Gasteiger partial charge in [0.15, 0.2) is 0 Å². The highest BCUT2D eigenvalue weighted by Gasteiger charge is 2.20. The second kappa shape index (κ2) is 8.78. The van der Waals surface area contributed by atoms with Gasteiger partial charge in [-0.2, -0.15) is 0 Å². The van der Waals surface area contributed by atoms with Crippen molar-refractivity contribution in [3.05, 3.63) is 35.6 Å². The van der Waals surface area contributed by atoms with Crippen LogP contribution in [0, 0.1) is 11.7 Å². The molecule has 4 heteroatoms. The summed E-state index contributed by atoms with van der Waals surface area (Å²) in [5.41, 5.74) is 6.49. The number of amides is 1. The fraction of sp³-hybridized carbons (Fsp3) is 0.588. The van der Waals surface area contributed by atoms with Crippen LogP contribution in [0.1, 0.15) is 51.6 Å². The molecule has 0 radical (unpaired) electrons. The van der Waals surface area contributed by atoms with Gasteiger partial charge in [0, 0.05) is 13.0 Å². The molecule has 21 heavy (non-hydrogen) atoms. The van der Waals surface area contributed by atoms with Crippen LogP contribution in [0.3, 0.4) is 0 Å². The second-order valence-corrected chi connectivity index (χ2v) is 5.63. The van der Waals surface area contributed by atoms with Crippen molar-refractivity contribution >= 4 is 5.91 Å². The Morgan fingerprint density at radius 1 is 1.24 bits per heavy atom.